The van der Waals surface area contributed by atoms with Crippen molar-refractivity contribution in [1.82, 2.24) is 0 Å². The molecule has 110 valence electrons. The molecule has 0 fully saturated rings. The summed E-state index contributed by atoms with van der Waals surface area (Å²) in [7, 11) is 0. The molecule has 6 heteroatoms. The first-order chi connectivity index (χ1) is 8.45. The Morgan fingerprint density at radius 2 is 1.47 bits per heavy atom. The van der Waals surface area contributed by atoms with E-state index >= 15 is 0 Å². The van der Waals surface area contributed by atoms with Crippen LogP contribution in [0.25, 0.3) is 0 Å². The van der Waals surface area contributed by atoms with Gasteiger partial charge in [0.1, 0.15) is 5.60 Å². The molecular weight excluding hydrogens is 252 g/mol. The zero-order valence-corrected chi connectivity index (χ0v) is 12.0. The molecule has 0 saturated heterocycles. The number of hydrogen-bond donors (Lipinski definition) is 2. The van der Waals surface area contributed by atoms with Gasteiger partial charge < -0.3 is 14.9 Å². The van der Waals surface area contributed by atoms with E-state index in [-0.39, 0.29) is 12.3 Å². The summed E-state index contributed by atoms with van der Waals surface area (Å²) in [5.74, 6) is -6.81. The van der Waals surface area contributed by atoms with Gasteiger partial charge in [0, 0.05) is 0 Å². The summed E-state index contributed by atoms with van der Waals surface area (Å²) >= 11 is 0. The SMILES string of the molecule is CC(C)C[C@@H](C(=O)OC(C)(C)C)C(C(=O)O)C(=O)O. The highest BCUT2D eigenvalue weighted by molar-refractivity contribution is 5.97. The van der Waals surface area contributed by atoms with Gasteiger partial charge in [0.05, 0.1) is 5.92 Å². The molecule has 0 heterocycles. The number of carboxylic acids is 2. The van der Waals surface area contributed by atoms with Gasteiger partial charge in [0.25, 0.3) is 0 Å². The molecule has 0 saturated carbocycles. The zero-order chi connectivity index (χ0) is 15.4. The highest BCUT2D eigenvalue weighted by atomic mass is 16.6. The molecule has 2 N–H and O–H groups in total. The van der Waals surface area contributed by atoms with E-state index < -0.39 is 35.3 Å². The van der Waals surface area contributed by atoms with Crippen LogP contribution in [-0.4, -0.2) is 33.7 Å². The number of hydrogen-bond acceptors (Lipinski definition) is 4. The van der Waals surface area contributed by atoms with E-state index in [2.05, 4.69) is 0 Å². The van der Waals surface area contributed by atoms with Crippen LogP contribution in [0, 0.1) is 17.8 Å². The monoisotopic (exact) mass is 274 g/mol. The number of carbonyl (C=O) groups excluding carboxylic acids is 1. The molecule has 0 radical (unpaired) electrons. The molecular formula is C13H22O6. The van der Waals surface area contributed by atoms with Gasteiger partial charge in [-0.05, 0) is 33.1 Å². The largest absolute Gasteiger partial charge is 0.481 e. The van der Waals surface area contributed by atoms with Crippen LogP contribution in [0.4, 0.5) is 0 Å². The Hall–Kier alpha value is -1.59. The Bertz CT molecular complexity index is 339. The van der Waals surface area contributed by atoms with E-state index in [1.165, 1.54) is 0 Å². The maximum atomic E-state index is 12.0. The van der Waals surface area contributed by atoms with Crippen LogP contribution in [0.1, 0.15) is 41.0 Å². The van der Waals surface area contributed by atoms with Crippen molar-refractivity contribution in [1.29, 1.82) is 0 Å². The van der Waals surface area contributed by atoms with Gasteiger partial charge in [-0.3, -0.25) is 14.4 Å². The maximum Gasteiger partial charge on any atom is 0.318 e. The Labute approximate surface area is 112 Å². The van der Waals surface area contributed by atoms with E-state index in [4.69, 9.17) is 14.9 Å². The average molecular weight is 274 g/mol. The van der Waals surface area contributed by atoms with Crippen molar-refractivity contribution in [2.75, 3.05) is 0 Å². The van der Waals surface area contributed by atoms with Gasteiger partial charge in [-0.2, -0.15) is 0 Å². The summed E-state index contributed by atoms with van der Waals surface area (Å²) < 4.78 is 5.12. The molecule has 0 spiro atoms. The summed E-state index contributed by atoms with van der Waals surface area (Å²) in [5, 5.41) is 18.0. The fourth-order valence-corrected chi connectivity index (χ4v) is 1.70. The van der Waals surface area contributed by atoms with Gasteiger partial charge in [-0.25, -0.2) is 0 Å². The molecule has 0 aliphatic heterocycles. The van der Waals surface area contributed by atoms with Gasteiger partial charge in [0.2, 0.25) is 0 Å². The minimum atomic E-state index is -1.78. The van der Waals surface area contributed by atoms with E-state index in [0.29, 0.717) is 0 Å². The lowest BCUT2D eigenvalue weighted by Crippen LogP contribution is -2.40. The molecule has 0 aliphatic rings. The molecule has 6 nitrogen and oxygen atoms in total. The van der Waals surface area contributed by atoms with Crippen molar-refractivity contribution >= 4 is 17.9 Å². The molecule has 0 bridgehead atoms. The van der Waals surface area contributed by atoms with Crippen molar-refractivity contribution < 1.29 is 29.3 Å². The summed E-state index contributed by atoms with van der Waals surface area (Å²) in [6.07, 6.45) is 0.151. The molecule has 0 aromatic carbocycles. The van der Waals surface area contributed by atoms with Crippen molar-refractivity contribution in [3.05, 3.63) is 0 Å². The fourth-order valence-electron chi connectivity index (χ4n) is 1.70. The number of carboxylic acid groups (broad SMARTS) is 2. The minimum Gasteiger partial charge on any atom is -0.481 e. The molecule has 1 atom stereocenters. The minimum absolute atomic E-state index is 0.0151. The first-order valence-corrected chi connectivity index (χ1v) is 6.14. The predicted octanol–water partition coefficient (Wildman–Crippen LogP) is 1.78. The number of rotatable bonds is 6. The third kappa shape index (κ3) is 6.22. The third-order valence-electron chi connectivity index (χ3n) is 2.37. The second kappa shape index (κ2) is 6.54. The van der Waals surface area contributed by atoms with Crippen molar-refractivity contribution in [2.24, 2.45) is 17.8 Å². The van der Waals surface area contributed by atoms with Crippen LogP contribution in [0.3, 0.4) is 0 Å². The second-order valence-electron chi connectivity index (χ2n) is 5.92. The third-order valence-corrected chi connectivity index (χ3v) is 2.37. The summed E-state index contributed by atoms with van der Waals surface area (Å²) in [5.41, 5.74) is -0.784. The Balaban J connectivity index is 5.24. The highest BCUT2D eigenvalue weighted by Gasteiger charge is 2.41. The fraction of sp³-hybridized carbons (Fsp3) is 0.769. The smallest absolute Gasteiger partial charge is 0.318 e. The predicted molar refractivity (Wildman–Crippen MR) is 67.6 cm³/mol. The second-order valence-corrected chi connectivity index (χ2v) is 5.92. The normalized spacial score (nSPS) is 13.4. The van der Waals surface area contributed by atoms with E-state index in [9.17, 15) is 14.4 Å². The summed E-state index contributed by atoms with van der Waals surface area (Å²) in [6, 6.07) is 0. The number of esters is 1. The van der Waals surface area contributed by atoms with Gasteiger partial charge in [-0.1, -0.05) is 13.8 Å². The lowest BCUT2D eigenvalue weighted by atomic mass is 9.85. The van der Waals surface area contributed by atoms with E-state index in [1.54, 1.807) is 34.6 Å². The van der Waals surface area contributed by atoms with E-state index in [1.807, 2.05) is 0 Å². The van der Waals surface area contributed by atoms with Crippen LogP contribution in [0.2, 0.25) is 0 Å². The van der Waals surface area contributed by atoms with Gasteiger partial charge in [0.15, 0.2) is 5.92 Å². The molecule has 19 heavy (non-hydrogen) atoms. The van der Waals surface area contributed by atoms with Crippen LogP contribution in [0.15, 0.2) is 0 Å². The highest BCUT2D eigenvalue weighted by Crippen LogP contribution is 2.25. The average Bonchev–Trinajstić information content (AvgIpc) is 2.11. The van der Waals surface area contributed by atoms with Gasteiger partial charge >= 0.3 is 17.9 Å². The van der Waals surface area contributed by atoms with Crippen molar-refractivity contribution in [3.63, 3.8) is 0 Å². The molecule has 0 unspecified atom stereocenters. The number of aliphatic carboxylic acids is 2. The Kier molecular flexibility index (Phi) is 5.99. The van der Waals surface area contributed by atoms with Crippen LogP contribution >= 0.6 is 0 Å². The van der Waals surface area contributed by atoms with Crippen molar-refractivity contribution in [3.8, 4) is 0 Å². The zero-order valence-electron chi connectivity index (χ0n) is 12.0. The van der Waals surface area contributed by atoms with Crippen molar-refractivity contribution in [2.45, 2.75) is 46.6 Å². The quantitative estimate of drug-likeness (QED) is 0.565. The Morgan fingerprint density at radius 1 is 1.05 bits per heavy atom. The first-order valence-electron chi connectivity index (χ1n) is 6.14. The molecule has 0 aliphatic carbocycles. The Morgan fingerprint density at radius 3 is 1.74 bits per heavy atom. The van der Waals surface area contributed by atoms with Crippen LogP contribution in [-0.2, 0) is 19.1 Å². The first kappa shape index (κ1) is 17.4. The van der Waals surface area contributed by atoms with Crippen LogP contribution < -0.4 is 0 Å². The molecule has 0 rings (SSSR count). The number of carbonyl (C=O) groups is 3. The van der Waals surface area contributed by atoms with Gasteiger partial charge in [-0.15, -0.1) is 0 Å². The number of ether oxygens (including phenoxy) is 1. The summed E-state index contributed by atoms with van der Waals surface area (Å²) in [4.78, 5) is 34.1. The topological polar surface area (TPSA) is 101 Å². The molecule has 0 aromatic heterocycles. The van der Waals surface area contributed by atoms with E-state index in [0.717, 1.165) is 0 Å². The summed E-state index contributed by atoms with van der Waals surface area (Å²) in [6.45, 7) is 8.52. The molecule has 0 amide bonds. The lowest BCUT2D eigenvalue weighted by molar-refractivity contribution is -0.173. The van der Waals surface area contributed by atoms with Crippen LogP contribution in [0.5, 0.6) is 0 Å². The lowest BCUT2D eigenvalue weighted by Gasteiger charge is -2.26. The standard InChI is InChI=1S/C13H22O6/c1-7(2)6-8(9(10(14)15)11(16)17)12(18)19-13(3,4)5/h7-9H,6H2,1-5H3,(H,14,15)(H,16,17)/t8-/m1/s1. The maximum absolute atomic E-state index is 12.0. The molecule has 0 aromatic rings.